The molecule has 1 amide bonds. The number of benzene rings is 2. The number of carboxylic acids is 1. The molecule has 0 saturated heterocycles. The van der Waals surface area contributed by atoms with E-state index >= 15 is 0 Å². The SMILES string of the molecule is COc1cccc(C(=O)NC(=S)Nc2cccc(C(=O)O)c2C)c1. The lowest BCUT2D eigenvalue weighted by molar-refractivity contribution is 0.0696. The minimum atomic E-state index is -1.03. The highest BCUT2D eigenvalue weighted by atomic mass is 32.1. The van der Waals surface area contributed by atoms with Crippen molar-refractivity contribution in [2.45, 2.75) is 6.92 Å². The standard InChI is InChI=1S/C17H16N2O4S/c1-10-13(16(21)22)7-4-8-14(10)18-17(24)19-15(20)11-5-3-6-12(9-11)23-2/h3-9H,1-2H3,(H,21,22)(H2,18,19,20,24). The Balaban J connectivity index is 2.09. The first-order valence-electron chi connectivity index (χ1n) is 7.01. The van der Waals surface area contributed by atoms with Crippen molar-refractivity contribution in [2.24, 2.45) is 0 Å². The van der Waals surface area contributed by atoms with Gasteiger partial charge in [-0.05, 0) is 55.0 Å². The highest BCUT2D eigenvalue weighted by Gasteiger charge is 2.13. The molecule has 2 rings (SSSR count). The lowest BCUT2D eigenvalue weighted by atomic mass is 10.1. The number of methoxy groups -OCH3 is 1. The number of ether oxygens (including phenoxy) is 1. The van der Waals surface area contributed by atoms with Gasteiger partial charge in [0, 0.05) is 11.3 Å². The number of aromatic carboxylic acids is 1. The number of carboxylic acid groups (broad SMARTS) is 1. The fourth-order valence-corrected chi connectivity index (χ4v) is 2.30. The second-order valence-electron chi connectivity index (χ2n) is 4.92. The molecule has 0 aromatic heterocycles. The van der Waals surface area contributed by atoms with Crippen LogP contribution in [0.5, 0.6) is 5.75 Å². The number of rotatable bonds is 4. The summed E-state index contributed by atoms with van der Waals surface area (Å²) in [5.41, 5.74) is 1.62. The van der Waals surface area contributed by atoms with Crippen molar-refractivity contribution in [2.75, 3.05) is 12.4 Å². The van der Waals surface area contributed by atoms with Gasteiger partial charge in [-0.25, -0.2) is 4.79 Å². The van der Waals surface area contributed by atoms with Crippen LogP contribution in [-0.2, 0) is 0 Å². The molecule has 2 aromatic carbocycles. The third-order valence-electron chi connectivity index (χ3n) is 3.37. The average molecular weight is 344 g/mol. The molecule has 0 aliphatic rings. The molecule has 0 radical (unpaired) electrons. The molecule has 0 unspecified atom stereocenters. The summed E-state index contributed by atoms with van der Waals surface area (Å²) >= 11 is 5.12. The number of hydrogen-bond acceptors (Lipinski definition) is 4. The molecule has 0 aliphatic heterocycles. The van der Waals surface area contributed by atoms with Gasteiger partial charge in [0.2, 0.25) is 0 Å². The number of amides is 1. The summed E-state index contributed by atoms with van der Waals surface area (Å²) in [6.45, 7) is 1.66. The number of carbonyl (C=O) groups is 2. The molecule has 0 bridgehead atoms. The first-order chi connectivity index (χ1) is 11.4. The van der Waals surface area contributed by atoms with Gasteiger partial charge >= 0.3 is 5.97 Å². The van der Waals surface area contributed by atoms with Crippen LogP contribution in [0.15, 0.2) is 42.5 Å². The monoisotopic (exact) mass is 344 g/mol. The Morgan fingerprint density at radius 3 is 2.54 bits per heavy atom. The molecule has 24 heavy (non-hydrogen) atoms. The minimum Gasteiger partial charge on any atom is -0.497 e. The third kappa shape index (κ3) is 4.08. The van der Waals surface area contributed by atoms with Crippen LogP contribution in [0.4, 0.5) is 5.69 Å². The van der Waals surface area contributed by atoms with Crippen molar-refractivity contribution < 1.29 is 19.4 Å². The van der Waals surface area contributed by atoms with Crippen LogP contribution >= 0.6 is 12.2 Å². The molecule has 0 spiro atoms. The molecule has 0 atom stereocenters. The average Bonchev–Trinajstić information content (AvgIpc) is 2.56. The summed E-state index contributed by atoms with van der Waals surface area (Å²) in [7, 11) is 1.52. The second kappa shape index (κ2) is 7.56. The zero-order valence-electron chi connectivity index (χ0n) is 13.1. The Morgan fingerprint density at radius 2 is 1.88 bits per heavy atom. The van der Waals surface area contributed by atoms with Gasteiger partial charge in [0.05, 0.1) is 12.7 Å². The highest BCUT2D eigenvalue weighted by molar-refractivity contribution is 7.80. The summed E-state index contributed by atoms with van der Waals surface area (Å²) in [6.07, 6.45) is 0. The molecule has 0 heterocycles. The van der Waals surface area contributed by atoms with Gasteiger partial charge in [-0.15, -0.1) is 0 Å². The molecule has 0 saturated carbocycles. The molecule has 124 valence electrons. The quantitative estimate of drug-likeness (QED) is 0.739. The summed E-state index contributed by atoms with van der Waals surface area (Å²) in [4.78, 5) is 23.3. The van der Waals surface area contributed by atoms with Gasteiger partial charge in [0.15, 0.2) is 5.11 Å². The van der Waals surface area contributed by atoms with Crippen molar-refractivity contribution in [3.8, 4) is 5.75 Å². The van der Waals surface area contributed by atoms with Gasteiger partial charge in [0.25, 0.3) is 5.91 Å². The van der Waals surface area contributed by atoms with Crippen molar-refractivity contribution in [1.82, 2.24) is 5.32 Å². The molecule has 0 fully saturated rings. The first-order valence-corrected chi connectivity index (χ1v) is 7.42. The van der Waals surface area contributed by atoms with Crippen LogP contribution in [0.2, 0.25) is 0 Å². The van der Waals surface area contributed by atoms with E-state index in [-0.39, 0.29) is 10.7 Å². The van der Waals surface area contributed by atoms with Crippen LogP contribution in [-0.4, -0.2) is 29.2 Å². The Kier molecular flexibility index (Phi) is 5.49. The van der Waals surface area contributed by atoms with Crippen LogP contribution in [0.3, 0.4) is 0 Å². The topological polar surface area (TPSA) is 87.7 Å². The summed E-state index contributed by atoms with van der Waals surface area (Å²) in [5, 5.41) is 14.6. The van der Waals surface area contributed by atoms with Crippen LogP contribution in [0.1, 0.15) is 26.3 Å². The number of carbonyl (C=O) groups excluding carboxylic acids is 1. The van der Waals surface area contributed by atoms with E-state index in [1.54, 1.807) is 43.3 Å². The molecular weight excluding hydrogens is 328 g/mol. The van der Waals surface area contributed by atoms with Crippen LogP contribution in [0.25, 0.3) is 0 Å². The van der Waals surface area contributed by atoms with E-state index in [1.165, 1.54) is 13.2 Å². The van der Waals surface area contributed by atoms with Gasteiger partial charge in [-0.1, -0.05) is 12.1 Å². The Morgan fingerprint density at radius 1 is 1.17 bits per heavy atom. The molecule has 0 aliphatic carbocycles. The van der Waals surface area contributed by atoms with E-state index in [4.69, 9.17) is 22.1 Å². The smallest absolute Gasteiger partial charge is 0.336 e. The normalized spacial score (nSPS) is 9.92. The summed E-state index contributed by atoms with van der Waals surface area (Å²) in [5.74, 6) is -0.854. The van der Waals surface area contributed by atoms with Crippen LogP contribution < -0.4 is 15.4 Å². The Hall–Kier alpha value is -2.93. The fourth-order valence-electron chi connectivity index (χ4n) is 2.10. The molecule has 2 aromatic rings. The molecule has 7 heteroatoms. The van der Waals surface area contributed by atoms with Crippen molar-refractivity contribution in [1.29, 1.82) is 0 Å². The van der Waals surface area contributed by atoms with E-state index in [1.807, 2.05) is 0 Å². The molecule has 3 N–H and O–H groups in total. The largest absolute Gasteiger partial charge is 0.497 e. The maximum absolute atomic E-state index is 12.2. The zero-order valence-corrected chi connectivity index (χ0v) is 13.9. The minimum absolute atomic E-state index is 0.0773. The lowest BCUT2D eigenvalue weighted by Crippen LogP contribution is -2.34. The Labute approximate surface area is 144 Å². The van der Waals surface area contributed by atoms with E-state index in [2.05, 4.69) is 10.6 Å². The van der Waals surface area contributed by atoms with Crippen LogP contribution in [0, 0.1) is 6.92 Å². The van der Waals surface area contributed by atoms with Gasteiger partial charge in [-0.2, -0.15) is 0 Å². The van der Waals surface area contributed by atoms with Crippen molar-refractivity contribution in [3.63, 3.8) is 0 Å². The molecule has 6 nitrogen and oxygen atoms in total. The predicted octanol–water partition coefficient (Wildman–Crippen LogP) is 2.83. The number of anilines is 1. The van der Waals surface area contributed by atoms with E-state index in [0.717, 1.165) is 0 Å². The van der Waals surface area contributed by atoms with Gasteiger partial charge < -0.3 is 15.2 Å². The van der Waals surface area contributed by atoms with Gasteiger partial charge in [-0.3, -0.25) is 10.1 Å². The lowest BCUT2D eigenvalue weighted by Gasteiger charge is -2.13. The van der Waals surface area contributed by atoms with E-state index in [0.29, 0.717) is 22.6 Å². The maximum Gasteiger partial charge on any atom is 0.336 e. The predicted molar refractivity (Wildman–Crippen MR) is 94.8 cm³/mol. The second-order valence-corrected chi connectivity index (χ2v) is 5.33. The number of hydrogen-bond donors (Lipinski definition) is 3. The summed E-state index contributed by atoms with van der Waals surface area (Å²) in [6, 6.07) is 11.4. The fraction of sp³-hybridized carbons (Fsp3) is 0.118. The zero-order chi connectivity index (χ0) is 17.7. The van der Waals surface area contributed by atoms with E-state index < -0.39 is 11.9 Å². The summed E-state index contributed by atoms with van der Waals surface area (Å²) < 4.78 is 5.07. The number of thiocarbonyl (C=S) groups is 1. The highest BCUT2D eigenvalue weighted by Crippen LogP contribution is 2.19. The van der Waals surface area contributed by atoms with Crippen molar-refractivity contribution in [3.05, 3.63) is 59.2 Å². The van der Waals surface area contributed by atoms with Gasteiger partial charge in [0.1, 0.15) is 5.75 Å². The Bertz CT molecular complexity index is 805. The number of nitrogens with one attached hydrogen (secondary N) is 2. The first kappa shape index (κ1) is 17.4. The van der Waals surface area contributed by atoms with E-state index in [9.17, 15) is 9.59 Å². The third-order valence-corrected chi connectivity index (χ3v) is 3.58. The molecular formula is C17H16N2O4S. The maximum atomic E-state index is 12.2. The van der Waals surface area contributed by atoms with Crippen molar-refractivity contribution >= 4 is 34.9 Å².